The highest BCUT2D eigenvalue weighted by Gasteiger charge is 2.43. The number of anilines is 1. The van der Waals surface area contributed by atoms with Gasteiger partial charge in [0.25, 0.3) is 6.43 Å². The van der Waals surface area contributed by atoms with Crippen molar-refractivity contribution in [1.29, 1.82) is 0 Å². The van der Waals surface area contributed by atoms with Gasteiger partial charge in [0.05, 0.1) is 37.4 Å². The van der Waals surface area contributed by atoms with Crippen molar-refractivity contribution < 1.29 is 22.6 Å². The standard InChI is InChI=1S/C24H27F3N8O2/c1-24(12-37-13-24)33-7-6-17(16(25)10-33)28-23-29-22(36-2)21-15(5-8-34(21)31-23)14-3-4-18-19(9-14)35(32-30-18)11-20(26)27/h3-5,8-9,16-17,20H,6-7,10-13H2,1-2H3,(H,28,31)/t16-,17+/m0/s1. The molecule has 37 heavy (non-hydrogen) atoms. The van der Waals surface area contributed by atoms with Crippen LogP contribution in [-0.2, 0) is 11.3 Å². The van der Waals surface area contributed by atoms with Gasteiger partial charge in [0.15, 0.2) is 0 Å². The van der Waals surface area contributed by atoms with Gasteiger partial charge in [-0.15, -0.1) is 10.2 Å². The van der Waals surface area contributed by atoms with Crippen LogP contribution in [0.1, 0.15) is 13.3 Å². The number of piperidine rings is 1. The summed E-state index contributed by atoms with van der Waals surface area (Å²) in [7, 11) is 1.51. The van der Waals surface area contributed by atoms with Gasteiger partial charge in [-0.05, 0) is 37.1 Å². The zero-order chi connectivity index (χ0) is 25.7. The lowest BCUT2D eigenvalue weighted by molar-refractivity contribution is -0.142. The molecule has 3 aromatic heterocycles. The number of hydrogen-bond donors (Lipinski definition) is 1. The second kappa shape index (κ2) is 9.14. The molecular formula is C24H27F3N8O2. The normalized spacial score (nSPS) is 22.0. The van der Waals surface area contributed by atoms with E-state index in [1.165, 1.54) is 11.8 Å². The van der Waals surface area contributed by atoms with Crippen LogP contribution in [0.4, 0.5) is 19.1 Å². The average molecular weight is 517 g/mol. The molecule has 10 nitrogen and oxygen atoms in total. The number of alkyl halides is 3. The number of hydrogen-bond acceptors (Lipinski definition) is 8. The molecule has 0 saturated carbocycles. The third kappa shape index (κ3) is 4.25. The minimum Gasteiger partial charge on any atom is -0.479 e. The van der Waals surface area contributed by atoms with Gasteiger partial charge in [0.2, 0.25) is 11.8 Å². The highest BCUT2D eigenvalue weighted by Crippen LogP contribution is 2.34. The minimum atomic E-state index is -2.55. The summed E-state index contributed by atoms with van der Waals surface area (Å²) in [5, 5.41) is 15.5. The van der Waals surface area contributed by atoms with Crippen LogP contribution in [0.5, 0.6) is 5.88 Å². The van der Waals surface area contributed by atoms with Gasteiger partial charge in [0.1, 0.15) is 23.7 Å². The molecule has 0 unspecified atom stereocenters. The Morgan fingerprint density at radius 1 is 1.27 bits per heavy atom. The molecule has 2 atom stereocenters. The fourth-order valence-electron chi connectivity index (χ4n) is 5.13. The summed E-state index contributed by atoms with van der Waals surface area (Å²) in [6.07, 6.45) is -1.27. The number of rotatable bonds is 7. The molecule has 0 radical (unpaired) electrons. The summed E-state index contributed by atoms with van der Waals surface area (Å²) in [6, 6.07) is 6.74. The van der Waals surface area contributed by atoms with E-state index in [-0.39, 0.29) is 11.5 Å². The Labute approximate surface area is 210 Å². The maximum Gasteiger partial charge on any atom is 0.258 e. The predicted octanol–water partition coefficient (Wildman–Crippen LogP) is 3.03. The molecule has 1 N–H and O–H groups in total. The Morgan fingerprint density at radius 3 is 2.81 bits per heavy atom. The number of nitrogens with zero attached hydrogens (tertiary/aromatic N) is 7. The van der Waals surface area contributed by atoms with Crippen LogP contribution < -0.4 is 10.1 Å². The summed E-state index contributed by atoms with van der Waals surface area (Å²) in [6.45, 7) is 3.89. The number of likely N-dealkylation sites (tertiary alicyclic amines) is 1. The summed E-state index contributed by atoms with van der Waals surface area (Å²) < 4.78 is 54.8. The van der Waals surface area contributed by atoms with Crippen molar-refractivity contribution in [2.75, 3.05) is 38.7 Å². The molecular weight excluding hydrogens is 489 g/mol. The Balaban J connectivity index is 1.27. The largest absolute Gasteiger partial charge is 0.479 e. The van der Waals surface area contributed by atoms with E-state index in [9.17, 15) is 8.78 Å². The van der Waals surface area contributed by atoms with Crippen molar-refractivity contribution in [2.45, 2.75) is 44.1 Å². The Morgan fingerprint density at radius 2 is 2.11 bits per heavy atom. The first-order chi connectivity index (χ1) is 17.8. The quantitative estimate of drug-likeness (QED) is 0.401. The first-order valence-corrected chi connectivity index (χ1v) is 12.1. The Hall–Kier alpha value is -3.45. The van der Waals surface area contributed by atoms with E-state index in [1.807, 2.05) is 12.1 Å². The summed E-state index contributed by atoms with van der Waals surface area (Å²) in [5.41, 5.74) is 3.03. The summed E-state index contributed by atoms with van der Waals surface area (Å²) in [4.78, 5) is 6.67. The van der Waals surface area contributed by atoms with Crippen molar-refractivity contribution in [3.05, 3.63) is 30.5 Å². The predicted molar refractivity (Wildman–Crippen MR) is 130 cm³/mol. The monoisotopic (exact) mass is 516 g/mol. The lowest BCUT2D eigenvalue weighted by Crippen LogP contribution is -2.64. The van der Waals surface area contributed by atoms with Gasteiger partial charge in [-0.25, -0.2) is 22.4 Å². The molecule has 0 spiro atoms. The van der Waals surface area contributed by atoms with Crippen molar-refractivity contribution in [1.82, 2.24) is 34.5 Å². The number of fused-ring (bicyclic) bond motifs is 2. The molecule has 6 rings (SSSR count). The summed E-state index contributed by atoms with van der Waals surface area (Å²) >= 11 is 0. The molecule has 1 aromatic carbocycles. The molecule has 196 valence electrons. The lowest BCUT2D eigenvalue weighted by Gasteiger charge is -2.50. The molecule has 13 heteroatoms. The highest BCUT2D eigenvalue weighted by atomic mass is 19.3. The molecule has 0 aliphatic carbocycles. The third-order valence-corrected chi connectivity index (χ3v) is 7.25. The molecule has 2 aliphatic heterocycles. The molecule has 2 saturated heterocycles. The van der Waals surface area contributed by atoms with Crippen LogP contribution in [0, 0.1) is 0 Å². The zero-order valence-electron chi connectivity index (χ0n) is 20.4. The van der Waals surface area contributed by atoms with Crippen molar-refractivity contribution in [2.24, 2.45) is 0 Å². The van der Waals surface area contributed by atoms with Crippen LogP contribution in [0.2, 0.25) is 0 Å². The molecule has 2 aliphatic rings. The van der Waals surface area contributed by atoms with Gasteiger partial charge in [-0.3, -0.25) is 4.90 Å². The van der Waals surface area contributed by atoms with Crippen molar-refractivity contribution in [3.8, 4) is 17.0 Å². The zero-order valence-corrected chi connectivity index (χ0v) is 20.4. The van der Waals surface area contributed by atoms with Crippen molar-refractivity contribution in [3.63, 3.8) is 0 Å². The number of halogens is 3. The molecule has 5 heterocycles. The third-order valence-electron chi connectivity index (χ3n) is 7.25. The van der Waals surface area contributed by atoms with E-state index >= 15 is 4.39 Å². The molecule has 4 aromatic rings. The molecule has 0 bridgehead atoms. The van der Waals surface area contributed by atoms with E-state index in [4.69, 9.17) is 9.47 Å². The highest BCUT2D eigenvalue weighted by molar-refractivity contribution is 5.89. The maximum atomic E-state index is 15.1. The minimum absolute atomic E-state index is 0.0916. The van der Waals surface area contributed by atoms with Crippen LogP contribution in [0.3, 0.4) is 0 Å². The van der Waals surface area contributed by atoms with Gasteiger partial charge in [0, 0.05) is 24.8 Å². The SMILES string of the molecule is COc1nc(N[C@@H]2CCN(C3(C)COC3)C[C@@H]2F)nn2ccc(-c3ccc4nnn(CC(F)F)c4c3)c12. The van der Waals surface area contributed by atoms with E-state index in [2.05, 4.69) is 37.5 Å². The van der Waals surface area contributed by atoms with Gasteiger partial charge in [-0.1, -0.05) is 11.3 Å². The van der Waals surface area contributed by atoms with Gasteiger partial charge < -0.3 is 14.8 Å². The van der Waals surface area contributed by atoms with E-state index in [0.717, 1.165) is 17.7 Å². The Kier molecular flexibility index (Phi) is 5.91. The number of ether oxygens (including phenoxy) is 2. The van der Waals surface area contributed by atoms with Crippen LogP contribution in [0.25, 0.3) is 27.7 Å². The first-order valence-electron chi connectivity index (χ1n) is 12.1. The fourth-order valence-corrected chi connectivity index (χ4v) is 5.13. The van der Waals surface area contributed by atoms with E-state index in [1.54, 1.807) is 22.8 Å². The Bertz CT molecular complexity index is 1440. The lowest BCUT2D eigenvalue weighted by atomic mass is 9.92. The van der Waals surface area contributed by atoms with Gasteiger partial charge in [-0.2, -0.15) is 4.98 Å². The maximum absolute atomic E-state index is 15.1. The van der Waals surface area contributed by atoms with Crippen molar-refractivity contribution >= 4 is 22.5 Å². The second-order valence-electron chi connectivity index (χ2n) is 9.82. The van der Waals surface area contributed by atoms with Crippen LogP contribution >= 0.6 is 0 Å². The summed E-state index contributed by atoms with van der Waals surface area (Å²) in [5.74, 6) is 0.573. The first kappa shape index (κ1) is 23.9. The second-order valence-corrected chi connectivity index (χ2v) is 9.82. The van der Waals surface area contributed by atoms with Gasteiger partial charge >= 0.3 is 0 Å². The number of aromatic nitrogens is 6. The topological polar surface area (TPSA) is 94.6 Å². The molecule has 0 amide bonds. The average Bonchev–Trinajstić information content (AvgIpc) is 3.47. The molecule has 2 fully saturated rings. The number of nitrogens with one attached hydrogen (secondary N) is 1. The smallest absolute Gasteiger partial charge is 0.258 e. The van der Waals surface area contributed by atoms with Crippen LogP contribution in [0.15, 0.2) is 30.5 Å². The van der Waals surface area contributed by atoms with E-state index < -0.39 is 25.2 Å². The fraction of sp³-hybridized carbons (Fsp3) is 0.500. The van der Waals surface area contributed by atoms with Crippen LogP contribution in [-0.4, -0.2) is 92.1 Å². The number of methoxy groups -OCH3 is 1. The number of benzene rings is 1. The van der Waals surface area contributed by atoms with E-state index in [0.29, 0.717) is 48.6 Å².